The maximum atomic E-state index is 13.2. The maximum Gasteiger partial charge on any atom is 0.248 e. The van der Waals surface area contributed by atoms with E-state index in [1.807, 2.05) is 0 Å². The van der Waals surface area contributed by atoms with Gasteiger partial charge in [-0.15, -0.1) is 0 Å². The van der Waals surface area contributed by atoms with Crippen LogP contribution in [0.5, 0.6) is 0 Å². The van der Waals surface area contributed by atoms with E-state index in [1.54, 1.807) is 4.90 Å². The van der Waals surface area contributed by atoms with Crippen LogP contribution < -0.4 is 5.73 Å². The summed E-state index contributed by atoms with van der Waals surface area (Å²) in [6.45, 7) is 1.16. The number of nitrogens with zero attached hydrogens (tertiary/aromatic N) is 3. The number of ether oxygens (including phenoxy) is 1. The van der Waals surface area contributed by atoms with E-state index in [-0.39, 0.29) is 43.3 Å². The highest BCUT2D eigenvalue weighted by molar-refractivity contribution is 5.79. The number of alkyl halides is 2. The number of halogens is 2. The van der Waals surface area contributed by atoms with Gasteiger partial charge in [0.25, 0.3) is 0 Å². The second-order valence-corrected chi connectivity index (χ2v) is 6.10. The number of hydrogen-bond donors (Lipinski definition) is 1. The maximum absolute atomic E-state index is 13.2. The summed E-state index contributed by atoms with van der Waals surface area (Å²) in [7, 11) is 0. The lowest BCUT2D eigenvalue weighted by Gasteiger charge is -2.36. The van der Waals surface area contributed by atoms with E-state index >= 15 is 0 Å². The van der Waals surface area contributed by atoms with E-state index in [2.05, 4.69) is 9.97 Å². The third-order valence-electron chi connectivity index (χ3n) is 4.51. The first-order valence-electron chi connectivity index (χ1n) is 7.81. The molecule has 1 aliphatic heterocycles. The molecule has 1 saturated heterocycles. The molecule has 0 aromatic carbocycles. The lowest BCUT2D eigenvalue weighted by atomic mass is 9.85. The fourth-order valence-electron chi connectivity index (χ4n) is 3.17. The van der Waals surface area contributed by atoms with Crippen LogP contribution in [-0.2, 0) is 9.53 Å². The van der Waals surface area contributed by atoms with E-state index in [4.69, 9.17) is 10.5 Å². The van der Waals surface area contributed by atoms with Crippen molar-refractivity contribution in [1.29, 1.82) is 0 Å². The summed E-state index contributed by atoms with van der Waals surface area (Å²) < 4.78 is 32.1. The number of amides is 1. The van der Waals surface area contributed by atoms with Gasteiger partial charge in [-0.1, -0.05) is 0 Å². The minimum absolute atomic E-state index is 0.0729. The summed E-state index contributed by atoms with van der Waals surface area (Å²) >= 11 is 0. The van der Waals surface area contributed by atoms with Gasteiger partial charge in [0, 0.05) is 37.7 Å². The number of carbonyl (C=O) groups excluding carboxylic acids is 1. The second-order valence-electron chi connectivity index (χ2n) is 6.10. The Morgan fingerprint density at radius 3 is 2.70 bits per heavy atom. The normalized spacial score (nSPS) is 25.3. The summed E-state index contributed by atoms with van der Waals surface area (Å²) in [6.07, 6.45) is 2.64. The average molecular weight is 326 g/mol. The van der Waals surface area contributed by atoms with Crippen LogP contribution >= 0.6 is 0 Å². The SMILES string of the molecule is Nc1nccnc1[C@@H]1CN(C(=O)C2CCC(F)(F)CC2)CCO1. The molecular weight excluding hydrogens is 306 g/mol. The quantitative estimate of drug-likeness (QED) is 0.896. The first-order valence-corrected chi connectivity index (χ1v) is 7.81. The van der Waals surface area contributed by atoms with Crippen LogP contribution in [0.2, 0.25) is 0 Å². The van der Waals surface area contributed by atoms with Crippen molar-refractivity contribution in [3.63, 3.8) is 0 Å². The zero-order valence-electron chi connectivity index (χ0n) is 12.8. The monoisotopic (exact) mass is 326 g/mol. The number of morpholine rings is 1. The highest BCUT2D eigenvalue weighted by Gasteiger charge is 2.39. The van der Waals surface area contributed by atoms with Crippen LogP contribution in [0.4, 0.5) is 14.6 Å². The molecule has 1 aromatic heterocycles. The molecule has 1 atom stereocenters. The molecule has 23 heavy (non-hydrogen) atoms. The van der Waals surface area contributed by atoms with Crippen LogP contribution in [0.15, 0.2) is 12.4 Å². The number of carbonyl (C=O) groups is 1. The molecule has 0 radical (unpaired) electrons. The molecule has 0 bridgehead atoms. The van der Waals surface area contributed by atoms with Crippen molar-refractivity contribution in [1.82, 2.24) is 14.9 Å². The second kappa shape index (κ2) is 6.35. The number of rotatable bonds is 2. The van der Waals surface area contributed by atoms with Gasteiger partial charge >= 0.3 is 0 Å². The van der Waals surface area contributed by atoms with Gasteiger partial charge in [0.1, 0.15) is 17.6 Å². The Hall–Kier alpha value is -1.83. The molecule has 2 fully saturated rings. The molecule has 0 spiro atoms. The number of hydrogen-bond acceptors (Lipinski definition) is 5. The van der Waals surface area contributed by atoms with Crippen LogP contribution in [-0.4, -0.2) is 46.4 Å². The molecule has 126 valence electrons. The molecule has 8 heteroatoms. The first kappa shape index (κ1) is 16.0. The smallest absolute Gasteiger partial charge is 0.248 e. The van der Waals surface area contributed by atoms with Gasteiger partial charge in [-0.25, -0.2) is 13.8 Å². The van der Waals surface area contributed by atoms with Crippen molar-refractivity contribution in [2.24, 2.45) is 5.92 Å². The van der Waals surface area contributed by atoms with Gasteiger partial charge in [-0.3, -0.25) is 9.78 Å². The number of nitrogens with two attached hydrogens (primary N) is 1. The predicted molar refractivity (Wildman–Crippen MR) is 78.6 cm³/mol. The zero-order valence-corrected chi connectivity index (χ0v) is 12.8. The number of anilines is 1. The van der Waals surface area contributed by atoms with Crippen LogP contribution in [0.1, 0.15) is 37.5 Å². The highest BCUT2D eigenvalue weighted by Crippen LogP contribution is 2.37. The molecule has 3 rings (SSSR count). The fraction of sp³-hybridized carbons (Fsp3) is 0.667. The van der Waals surface area contributed by atoms with Crippen LogP contribution in [0.25, 0.3) is 0 Å². The summed E-state index contributed by atoms with van der Waals surface area (Å²) in [5, 5.41) is 0. The topological polar surface area (TPSA) is 81.3 Å². The molecule has 6 nitrogen and oxygen atoms in total. The Morgan fingerprint density at radius 2 is 2.00 bits per heavy atom. The third-order valence-corrected chi connectivity index (χ3v) is 4.51. The lowest BCUT2D eigenvalue weighted by Crippen LogP contribution is -2.46. The molecule has 1 aliphatic carbocycles. The molecule has 2 aliphatic rings. The molecule has 1 amide bonds. The average Bonchev–Trinajstić information content (AvgIpc) is 2.55. The summed E-state index contributed by atoms with van der Waals surface area (Å²) in [6, 6.07) is 0. The molecule has 0 unspecified atom stereocenters. The van der Waals surface area contributed by atoms with E-state index in [1.165, 1.54) is 12.4 Å². The Bertz CT molecular complexity index is 574. The molecule has 2 N–H and O–H groups in total. The summed E-state index contributed by atoms with van der Waals surface area (Å²) in [4.78, 5) is 22.4. The van der Waals surface area contributed by atoms with E-state index in [0.717, 1.165) is 0 Å². The van der Waals surface area contributed by atoms with Crippen molar-refractivity contribution in [3.05, 3.63) is 18.1 Å². The van der Waals surface area contributed by atoms with Gasteiger partial charge in [-0.05, 0) is 12.8 Å². The van der Waals surface area contributed by atoms with E-state index in [9.17, 15) is 13.6 Å². The van der Waals surface area contributed by atoms with E-state index in [0.29, 0.717) is 25.4 Å². The van der Waals surface area contributed by atoms with Crippen molar-refractivity contribution >= 4 is 11.7 Å². The van der Waals surface area contributed by atoms with Crippen LogP contribution in [0.3, 0.4) is 0 Å². The molecular formula is C15H20F2N4O2. The Balaban J connectivity index is 1.65. The molecule has 1 aromatic rings. The Morgan fingerprint density at radius 1 is 1.30 bits per heavy atom. The first-order chi connectivity index (χ1) is 11.0. The fourth-order valence-corrected chi connectivity index (χ4v) is 3.17. The minimum atomic E-state index is -2.63. The Labute approximate surface area is 133 Å². The highest BCUT2D eigenvalue weighted by atomic mass is 19.3. The predicted octanol–water partition coefficient (Wildman–Crippen LogP) is 1.78. The molecule has 2 heterocycles. The minimum Gasteiger partial charge on any atom is -0.382 e. The zero-order chi connectivity index (χ0) is 16.4. The molecule has 1 saturated carbocycles. The van der Waals surface area contributed by atoms with Gasteiger partial charge in [0.15, 0.2) is 0 Å². The third kappa shape index (κ3) is 3.57. The van der Waals surface area contributed by atoms with Crippen molar-refractivity contribution in [2.75, 3.05) is 25.4 Å². The van der Waals surface area contributed by atoms with Gasteiger partial charge in [0.05, 0.1) is 13.2 Å². The largest absolute Gasteiger partial charge is 0.382 e. The lowest BCUT2D eigenvalue weighted by molar-refractivity contribution is -0.147. The standard InChI is InChI=1S/C15H20F2N4O2/c16-15(17)3-1-10(2-4-15)14(22)21-7-8-23-11(9-21)12-13(18)20-6-5-19-12/h5-6,10-11H,1-4,7-9H2,(H2,18,20)/t11-/m0/s1. The Kier molecular flexibility index (Phi) is 4.43. The van der Waals surface area contributed by atoms with Gasteiger partial charge in [0.2, 0.25) is 11.8 Å². The van der Waals surface area contributed by atoms with Crippen molar-refractivity contribution in [3.8, 4) is 0 Å². The summed E-state index contributed by atoms with van der Waals surface area (Å²) in [5.41, 5.74) is 6.32. The van der Waals surface area contributed by atoms with Crippen molar-refractivity contribution in [2.45, 2.75) is 37.7 Å². The van der Waals surface area contributed by atoms with E-state index < -0.39 is 12.0 Å². The van der Waals surface area contributed by atoms with Gasteiger partial charge < -0.3 is 15.4 Å². The van der Waals surface area contributed by atoms with Crippen molar-refractivity contribution < 1.29 is 18.3 Å². The summed E-state index contributed by atoms with van der Waals surface area (Å²) in [5.74, 6) is -2.74. The van der Waals surface area contributed by atoms with Crippen LogP contribution in [0, 0.1) is 5.92 Å². The number of nitrogen functional groups attached to an aromatic ring is 1. The van der Waals surface area contributed by atoms with Gasteiger partial charge in [-0.2, -0.15) is 0 Å². The number of aromatic nitrogens is 2.